The Morgan fingerprint density at radius 3 is 2.45 bits per heavy atom. The van der Waals surface area contributed by atoms with Gasteiger partial charge in [0.1, 0.15) is 0 Å². The van der Waals surface area contributed by atoms with Crippen molar-refractivity contribution in [1.29, 1.82) is 5.26 Å². The molecule has 178 valence electrons. The summed E-state index contributed by atoms with van der Waals surface area (Å²) in [6, 6.07) is 13.8. The van der Waals surface area contributed by atoms with E-state index in [9.17, 15) is 15.2 Å². The number of hydrogen-bond donors (Lipinski definition) is 2. The summed E-state index contributed by atoms with van der Waals surface area (Å²) in [5.74, 6) is 1.79. The quantitative estimate of drug-likeness (QED) is 0.668. The number of nitrogens with zero attached hydrogens (tertiary/aromatic N) is 3. The van der Waals surface area contributed by atoms with Gasteiger partial charge >= 0.3 is 0 Å². The van der Waals surface area contributed by atoms with Gasteiger partial charge in [-0.05, 0) is 68.9 Å². The van der Waals surface area contributed by atoms with Gasteiger partial charge in [0.25, 0.3) is 0 Å². The molecule has 2 aliphatic carbocycles. The Labute approximate surface area is 197 Å². The molecule has 2 saturated carbocycles. The Morgan fingerprint density at radius 1 is 1.09 bits per heavy atom. The monoisotopic (exact) mass is 450 g/mol. The van der Waals surface area contributed by atoms with Gasteiger partial charge in [-0.25, -0.2) is 0 Å². The number of carbonyl (C=O) groups is 1. The number of aliphatic hydroxyl groups excluding tert-OH is 1. The van der Waals surface area contributed by atoms with E-state index in [1.807, 2.05) is 4.90 Å². The topological polar surface area (TPSA) is 79.6 Å². The van der Waals surface area contributed by atoms with Crippen LogP contribution in [0.1, 0.15) is 62.8 Å². The number of likely N-dealkylation sites (tertiary alicyclic amines) is 2. The van der Waals surface area contributed by atoms with E-state index in [4.69, 9.17) is 0 Å². The Morgan fingerprint density at radius 2 is 1.79 bits per heavy atom. The Balaban J connectivity index is 1.07. The first-order valence-corrected chi connectivity index (χ1v) is 13.0. The van der Waals surface area contributed by atoms with Crippen molar-refractivity contribution in [3.63, 3.8) is 0 Å². The zero-order valence-electron chi connectivity index (χ0n) is 19.7. The maximum atomic E-state index is 12.9. The fourth-order valence-electron chi connectivity index (χ4n) is 6.43. The minimum Gasteiger partial charge on any atom is -0.393 e. The molecule has 0 radical (unpaired) electrons. The van der Waals surface area contributed by atoms with E-state index < -0.39 is 0 Å². The highest BCUT2D eigenvalue weighted by molar-refractivity contribution is 5.80. The molecule has 1 aromatic carbocycles. The molecule has 1 aromatic rings. The average molecular weight is 451 g/mol. The second-order valence-corrected chi connectivity index (χ2v) is 10.9. The van der Waals surface area contributed by atoms with Crippen LogP contribution in [0.5, 0.6) is 0 Å². The maximum Gasteiger partial charge on any atom is 0.225 e. The summed E-state index contributed by atoms with van der Waals surface area (Å²) in [6.07, 6.45) is 6.86. The van der Waals surface area contributed by atoms with Crippen molar-refractivity contribution in [2.45, 2.75) is 75.0 Å². The highest BCUT2D eigenvalue weighted by atomic mass is 16.3. The number of amides is 1. The average Bonchev–Trinajstić information content (AvgIpc) is 3.61. The first-order valence-electron chi connectivity index (χ1n) is 13.0. The lowest BCUT2D eigenvalue weighted by molar-refractivity contribution is -0.153. The highest BCUT2D eigenvalue weighted by Crippen LogP contribution is 2.47. The van der Waals surface area contributed by atoms with Gasteiger partial charge in [-0.3, -0.25) is 9.69 Å². The van der Waals surface area contributed by atoms with Crippen molar-refractivity contribution in [3.05, 3.63) is 35.9 Å². The summed E-state index contributed by atoms with van der Waals surface area (Å²) in [5, 5.41) is 23.1. The van der Waals surface area contributed by atoms with Crippen molar-refractivity contribution in [3.8, 4) is 6.07 Å². The molecule has 2 saturated heterocycles. The second kappa shape index (κ2) is 9.74. The standard InChI is InChI=1S/C27H38N4O2/c28-13-12-27(18-30(19-27)26(33)21-6-8-24(32)9-7-21)31-14-10-23(11-15-31)29-17-22-16-25(22)20-4-2-1-3-5-20/h1-5,21-25,29,32H,6-12,14-19H2/t21?,22-,24?,25?/m0/s1. The van der Waals surface area contributed by atoms with Crippen molar-refractivity contribution in [2.24, 2.45) is 11.8 Å². The van der Waals surface area contributed by atoms with E-state index in [2.05, 4.69) is 46.6 Å². The Hall–Kier alpha value is -1.94. The fourth-order valence-corrected chi connectivity index (χ4v) is 6.43. The third-order valence-corrected chi connectivity index (χ3v) is 8.72. The minimum atomic E-state index is -0.234. The third-order valence-electron chi connectivity index (χ3n) is 8.72. The Kier molecular flexibility index (Phi) is 6.74. The molecule has 2 atom stereocenters. The summed E-state index contributed by atoms with van der Waals surface area (Å²) in [7, 11) is 0. The van der Waals surface area contributed by atoms with Crippen LogP contribution in [0.4, 0.5) is 0 Å². The number of aliphatic hydroxyl groups is 1. The van der Waals surface area contributed by atoms with Crippen LogP contribution >= 0.6 is 0 Å². The van der Waals surface area contributed by atoms with Gasteiger partial charge in [-0.15, -0.1) is 0 Å². The van der Waals surface area contributed by atoms with E-state index in [0.29, 0.717) is 25.6 Å². The highest BCUT2D eigenvalue weighted by Gasteiger charge is 2.51. The molecule has 4 aliphatic rings. The maximum absolute atomic E-state index is 12.9. The lowest BCUT2D eigenvalue weighted by Crippen LogP contribution is -2.72. The molecule has 6 heteroatoms. The van der Waals surface area contributed by atoms with Crippen LogP contribution in [0.3, 0.4) is 0 Å². The van der Waals surface area contributed by atoms with Crippen LogP contribution in [0.15, 0.2) is 30.3 Å². The van der Waals surface area contributed by atoms with E-state index in [1.54, 1.807) is 0 Å². The van der Waals surface area contributed by atoms with Crippen LogP contribution in [-0.4, -0.2) is 71.2 Å². The fraction of sp³-hybridized carbons (Fsp3) is 0.704. The van der Waals surface area contributed by atoms with Crippen LogP contribution in [0, 0.1) is 23.2 Å². The van der Waals surface area contributed by atoms with Crippen LogP contribution < -0.4 is 5.32 Å². The van der Waals surface area contributed by atoms with Gasteiger partial charge in [0.05, 0.1) is 24.1 Å². The SMILES string of the molecule is N#CCC1(N2CCC(NC[C@@H]3CC3c3ccccc3)CC2)CN(C(=O)C2CCC(O)CC2)C1. The van der Waals surface area contributed by atoms with Crippen LogP contribution in [-0.2, 0) is 4.79 Å². The number of nitriles is 1. The minimum absolute atomic E-state index is 0.0607. The van der Waals surface area contributed by atoms with Crippen LogP contribution in [0.2, 0.25) is 0 Å². The molecule has 1 amide bonds. The van der Waals surface area contributed by atoms with E-state index >= 15 is 0 Å². The summed E-state index contributed by atoms with van der Waals surface area (Å²) in [5.41, 5.74) is 1.32. The summed E-state index contributed by atoms with van der Waals surface area (Å²) in [4.78, 5) is 17.4. The zero-order chi connectivity index (χ0) is 22.8. The van der Waals surface area contributed by atoms with E-state index in [0.717, 1.165) is 70.0 Å². The van der Waals surface area contributed by atoms with Gasteiger partial charge in [0.15, 0.2) is 0 Å². The molecule has 0 bridgehead atoms. The molecule has 2 heterocycles. The lowest BCUT2D eigenvalue weighted by Gasteiger charge is -2.57. The molecule has 5 rings (SSSR count). The molecule has 2 aliphatic heterocycles. The number of benzene rings is 1. The van der Waals surface area contributed by atoms with E-state index in [1.165, 1.54) is 12.0 Å². The van der Waals surface area contributed by atoms with Crippen molar-refractivity contribution < 1.29 is 9.90 Å². The largest absolute Gasteiger partial charge is 0.393 e. The molecule has 0 spiro atoms. The molecule has 6 nitrogen and oxygen atoms in total. The molecular formula is C27H38N4O2. The van der Waals surface area contributed by atoms with E-state index in [-0.39, 0.29) is 23.5 Å². The predicted octanol–water partition coefficient (Wildman–Crippen LogP) is 2.89. The molecule has 33 heavy (non-hydrogen) atoms. The second-order valence-electron chi connectivity index (χ2n) is 10.9. The number of nitrogens with one attached hydrogen (secondary N) is 1. The lowest BCUT2D eigenvalue weighted by atomic mass is 9.80. The first-order chi connectivity index (χ1) is 16.1. The summed E-state index contributed by atoms with van der Waals surface area (Å²) in [6.45, 7) is 4.49. The number of hydrogen-bond acceptors (Lipinski definition) is 5. The van der Waals surface area contributed by atoms with Gasteiger partial charge in [-0.1, -0.05) is 30.3 Å². The first kappa shape index (κ1) is 22.8. The van der Waals surface area contributed by atoms with Gasteiger partial charge in [-0.2, -0.15) is 5.26 Å². The number of piperidine rings is 1. The van der Waals surface area contributed by atoms with Gasteiger partial charge in [0.2, 0.25) is 5.91 Å². The third kappa shape index (κ3) is 4.96. The molecule has 4 fully saturated rings. The molecular weight excluding hydrogens is 412 g/mol. The predicted molar refractivity (Wildman–Crippen MR) is 127 cm³/mol. The van der Waals surface area contributed by atoms with Crippen molar-refractivity contribution in [1.82, 2.24) is 15.1 Å². The molecule has 0 aromatic heterocycles. The van der Waals surface area contributed by atoms with Crippen LogP contribution in [0.25, 0.3) is 0 Å². The number of carbonyl (C=O) groups excluding carboxylic acids is 1. The Bertz CT molecular complexity index is 847. The van der Waals surface area contributed by atoms with Crippen molar-refractivity contribution >= 4 is 5.91 Å². The summed E-state index contributed by atoms with van der Waals surface area (Å²) >= 11 is 0. The smallest absolute Gasteiger partial charge is 0.225 e. The van der Waals surface area contributed by atoms with Gasteiger partial charge < -0.3 is 15.3 Å². The molecule has 2 N–H and O–H groups in total. The molecule has 1 unspecified atom stereocenters. The van der Waals surface area contributed by atoms with Gasteiger partial charge in [0, 0.05) is 38.1 Å². The normalized spacial score (nSPS) is 32.1. The summed E-state index contributed by atoms with van der Waals surface area (Å²) < 4.78 is 0. The van der Waals surface area contributed by atoms with Crippen molar-refractivity contribution in [2.75, 3.05) is 32.7 Å². The zero-order valence-corrected chi connectivity index (χ0v) is 19.7. The number of rotatable bonds is 7.